The highest BCUT2D eigenvalue weighted by molar-refractivity contribution is 7.11. The first-order chi connectivity index (χ1) is 9.04. The summed E-state index contributed by atoms with van der Waals surface area (Å²) in [5, 5.41) is 4.76. The molecule has 0 aliphatic carbocycles. The third kappa shape index (κ3) is 2.88. The van der Waals surface area contributed by atoms with Gasteiger partial charge in [0.25, 0.3) is 0 Å². The molecule has 0 fully saturated rings. The van der Waals surface area contributed by atoms with Gasteiger partial charge in [-0.1, -0.05) is 25.1 Å². The van der Waals surface area contributed by atoms with Crippen LogP contribution >= 0.6 is 11.3 Å². The maximum atomic E-state index is 4.74. The van der Waals surface area contributed by atoms with Crippen LogP contribution in [0.1, 0.15) is 45.2 Å². The maximum absolute atomic E-state index is 4.74. The van der Waals surface area contributed by atoms with Crippen LogP contribution in [0.15, 0.2) is 18.2 Å². The second kappa shape index (κ2) is 5.85. The molecule has 0 radical (unpaired) electrons. The zero-order chi connectivity index (χ0) is 14.0. The van der Waals surface area contributed by atoms with E-state index < -0.39 is 0 Å². The van der Waals surface area contributed by atoms with Crippen molar-refractivity contribution in [2.75, 3.05) is 6.54 Å². The smallest absolute Gasteiger partial charge is 0.115 e. The molecule has 19 heavy (non-hydrogen) atoms. The van der Waals surface area contributed by atoms with Gasteiger partial charge >= 0.3 is 0 Å². The van der Waals surface area contributed by atoms with Crippen LogP contribution in [0, 0.1) is 27.7 Å². The van der Waals surface area contributed by atoms with E-state index in [0.717, 1.165) is 12.2 Å². The van der Waals surface area contributed by atoms with Gasteiger partial charge in [-0.15, -0.1) is 11.3 Å². The molecule has 0 aliphatic heterocycles. The minimum atomic E-state index is 0.212. The third-order valence-corrected chi connectivity index (χ3v) is 4.67. The van der Waals surface area contributed by atoms with Gasteiger partial charge in [0, 0.05) is 4.88 Å². The number of hydrogen-bond acceptors (Lipinski definition) is 3. The fourth-order valence-electron chi connectivity index (χ4n) is 2.42. The Morgan fingerprint density at radius 3 is 2.26 bits per heavy atom. The predicted octanol–water partition coefficient (Wildman–Crippen LogP) is 4.08. The number of rotatable bonds is 4. The molecule has 1 atom stereocenters. The fraction of sp³-hybridized carbons (Fsp3) is 0.438. The highest BCUT2D eigenvalue weighted by atomic mass is 32.1. The maximum Gasteiger partial charge on any atom is 0.115 e. The number of benzene rings is 1. The SMILES string of the molecule is CCNC(c1nc(C)c(C)s1)c1c(C)cccc1C. The van der Waals surface area contributed by atoms with E-state index in [1.54, 1.807) is 11.3 Å². The zero-order valence-electron chi connectivity index (χ0n) is 12.4. The molecular formula is C16H22N2S. The first kappa shape index (κ1) is 14.2. The summed E-state index contributed by atoms with van der Waals surface area (Å²) >= 11 is 1.80. The van der Waals surface area contributed by atoms with Crippen LogP contribution in [0.25, 0.3) is 0 Å². The average molecular weight is 274 g/mol. The minimum absolute atomic E-state index is 0.212. The summed E-state index contributed by atoms with van der Waals surface area (Å²) in [6.45, 7) is 11.7. The van der Waals surface area contributed by atoms with E-state index in [1.807, 2.05) is 0 Å². The molecule has 0 amide bonds. The van der Waals surface area contributed by atoms with Crippen molar-refractivity contribution in [3.63, 3.8) is 0 Å². The Morgan fingerprint density at radius 2 is 1.79 bits per heavy atom. The topological polar surface area (TPSA) is 24.9 Å². The summed E-state index contributed by atoms with van der Waals surface area (Å²) in [6, 6.07) is 6.69. The molecular weight excluding hydrogens is 252 g/mol. The molecule has 3 heteroatoms. The van der Waals surface area contributed by atoms with Crippen LogP contribution in [0.2, 0.25) is 0 Å². The second-order valence-corrected chi connectivity index (χ2v) is 6.22. The van der Waals surface area contributed by atoms with Gasteiger partial charge in [0.2, 0.25) is 0 Å². The first-order valence-electron chi connectivity index (χ1n) is 6.78. The van der Waals surface area contributed by atoms with Crippen molar-refractivity contribution in [1.29, 1.82) is 0 Å². The normalized spacial score (nSPS) is 12.7. The molecule has 1 aromatic heterocycles. The van der Waals surface area contributed by atoms with E-state index in [4.69, 9.17) is 4.98 Å². The molecule has 2 aromatic rings. The Labute approximate surface area is 119 Å². The first-order valence-corrected chi connectivity index (χ1v) is 7.59. The lowest BCUT2D eigenvalue weighted by Crippen LogP contribution is -2.23. The quantitative estimate of drug-likeness (QED) is 0.909. The number of thiazole rings is 1. The van der Waals surface area contributed by atoms with E-state index in [1.165, 1.54) is 26.6 Å². The lowest BCUT2D eigenvalue weighted by molar-refractivity contribution is 0.620. The summed E-state index contributed by atoms with van der Waals surface area (Å²) in [7, 11) is 0. The van der Waals surface area contributed by atoms with Crippen LogP contribution in [0.5, 0.6) is 0 Å². The van der Waals surface area contributed by atoms with Crippen molar-refractivity contribution in [2.45, 2.75) is 40.7 Å². The Balaban J connectivity index is 2.51. The Morgan fingerprint density at radius 1 is 1.16 bits per heavy atom. The fourth-order valence-corrected chi connectivity index (χ4v) is 3.43. The van der Waals surface area contributed by atoms with Crippen molar-refractivity contribution in [3.8, 4) is 0 Å². The lowest BCUT2D eigenvalue weighted by Gasteiger charge is -2.20. The second-order valence-electron chi connectivity index (χ2n) is 4.99. The highest BCUT2D eigenvalue weighted by Crippen LogP contribution is 2.31. The summed E-state index contributed by atoms with van der Waals surface area (Å²) in [5.41, 5.74) is 5.18. The van der Waals surface area contributed by atoms with Crippen LogP contribution < -0.4 is 5.32 Å². The van der Waals surface area contributed by atoms with Gasteiger partial charge in [-0.05, 0) is 50.9 Å². The summed E-state index contributed by atoms with van der Waals surface area (Å²) in [5.74, 6) is 0. The molecule has 0 aliphatic rings. The largest absolute Gasteiger partial charge is 0.305 e. The van der Waals surface area contributed by atoms with Crippen molar-refractivity contribution in [2.24, 2.45) is 0 Å². The average Bonchev–Trinajstić information content (AvgIpc) is 2.68. The van der Waals surface area contributed by atoms with Gasteiger partial charge in [-0.3, -0.25) is 0 Å². The molecule has 1 unspecified atom stereocenters. The number of hydrogen-bond donors (Lipinski definition) is 1. The zero-order valence-corrected chi connectivity index (χ0v) is 13.2. The molecule has 1 aromatic carbocycles. The van der Waals surface area contributed by atoms with Crippen LogP contribution in [-0.4, -0.2) is 11.5 Å². The Hall–Kier alpha value is -1.19. The van der Waals surface area contributed by atoms with Crippen molar-refractivity contribution < 1.29 is 0 Å². The van der Waals surface area contributed by atoms with Gasteiger partial charge in [-0.2, -0.15) is 0 Å². The Kier molecular flexibility index (Phi) is 4.38. The van der Waals surface area contributed by atoms with E-state index in [-0.39, 0.29) is 6.04 Å². The Bertz CT molecular complexity index is 532. The van der Waals surface area contributed by atoms with Crippen LogP contribution in [0.4, 0.5) is 0 Å². The molecule has 0 bridgehead atoms. The summed E-state index contributed by atoms with van der Waals surface area (Å²) in [4.78, 5) is 6.05. The van der Waals surface area contributed by atoms with Gasteiger partial charge in [0.05, 0.1) is 11.7 Å². The van der Waals surface area contributed by atoms with E-state index >= 15 is 0 Å². The van der Waals surface area contributed by atoms with Gasteiger partial charge in [-0.25, -0.2) is 4.98 Å². The number of nitrogens with one attached hydrogen (secondary N) is 1. The molecule has 1 N–H and O–H groups in total. The van der Waals surface area contributed by atoms with Crippen LogP contribution in [0.3, 0.4) is 0 Å². The number of aromatic nitrogens is 1. The lowest BCUT2D eigenvalue weighted by atomic mass is 9.96. The van der Waals surface area contributed by atoms with Crippen LogP contribution in [-0.2, 0) is 0 Å². The van der Waals surface area contributed by atoms with Gasteiger partial charge < -0.3 is 5.32 Å². The monoisotopic (exact) mass is 274 g/mol. The van der Waals surface area contributed by atoms with Gasteiger partial charge in [0.1, 0.15) is 5.01 Å². The molecule has 1 heterocycles. The van der Waals surface area contributed by atoms with Gasteiger partial charge in [0.15, 0.2) is 0 Å². The number of aryl methyl sites for hydroxylation is 4. The molecule has 2 nitrogen and oxygen atoms in total. The van der Waals surface area contributed by atoms with Crippen molar-refractivity contribution >= 4 is 11.3 Å². The predicted molar refractivity (Wildman–Crippen MR) is 83.0 cm³/mol. The van der Waals surface area contributed by atoms with E-state index in [0.29, 0.717) is 0 Å². The molecule has 2 rings (SSSR count). The third-order valence-electron chi connectivity index (χ3n) is 3.53. The number of nitrogens with zero attached hydrogens (tertiary/aromatic N) is 1. The van der Waals surface area contributed by atoms with Crippen molar-refractivity contribution in [3.05, 3.63) is 50.5 Å². The van der Waals surface area contributed by atoms with E-state index in [9.17, 15) is 0 Å². The minimum Gasteiger partial charge on any atom is -0.305 e. The highest BCUT2D eigenvalue weighted by Gasteiger charge is 2.20. The standard InChI is InChI=1S/C16H22N2S/c1-6-17-15(16-18-12(4)13(5)19-16)14-10(2)8-7-9-11(14)3/h7-9,15,17H,6H2,1-5H3. The summed E-state index contributed by atoms with van der Waals surface area (Å²) < 4.78 is 0. The molecule has 0 saturated carbocycles. The summed E-state index contributed by atoms with van der Waals surface area (Å²) in [6.07, 6.45) is 0. The van der Waals surface area contributed by atoms with Crippen molar-refractivity contribution in [1.82, 2.24) is 10.3 Å². The molecule has 0 saturated heterocycles. The van der Waals surface area contributed by atoms with E-state index in [2.05, 4.69) is 58.1 Å². The molecule has 102 valence electrons. The molecule has 0 spiro atoms.